The van der Waals surface area contributed by atoms with E-state index in [1.165, 1.54) is 19.2 Å². The van der Waals surface area contributed by atoms with Gasteiger partial charge in [-0.2, -0.15) is 13.2 Å². The fourth-order valence-corrected chi connectivity index (χ4v) is 2.53. The van der Waals surface area contributed by atoms with Gasteiger partial charge in [-0.05, 0) is 12.1 Å². The highest BCUT2D eigenvalue weighted by atomic mass is 19.4. The number of aryl methyl sites for hydroxylation is 1. The number of rotatable bonds is 1. The van der Waals surface area contributed by atoms with Crippen molar-refractivity contribution in [3.63, 3.8) is 0 Å². The molecule has 0 atom stereocenters. The minimum absolute atomic E-state index is 0.0108. The number of hydrogen-bond acceptors (Lipinski definition) is 3. The Labute approximate surface area is 116 Å². The van der Waals surface area contributed by atoms with Crippen molar-refractivity contribution >= 4 is 10.9 Å². The first kappa shape index (κ1) is 13.9. The Morgan fingerprint density at radius 2 is 1.90 bits per heavy atom. The number of benzene rings is 1. The molecule has 1 aliphatic heterocycles. The van der Waals surface area contributed by atoms with Gasteiger partial charge in [0.1, 0.15) is 0 Å². The Kier molecular flexibility index (Phi) is 2.94. The number of halogens is 3. The van der Waals surface area contributed by atoms with Crippen molar-refractivity contribution in [2.45, 2.75) is 12.2 Å². The third-order valence-electron chi connectivity index (χ3n) is 3.76. The molecule has 5 nitrogen and oxygen atoms in total. The van der Waals surface area contributed by atoms with Gasteiger partial charge in [0.15, 0.2) is 0 Å². The standard InChI is InChI=1S/C13H12F3N3O2/c1-18-9-4-2-3-8(13(14,15)16)10(9)11(20)19(12(18)21)7-5-17-6-7/h2-4,7,17H,5-6H2,1H3. The van der Waals surface area contributed by atoms with Crippen molar-refractivity contribution in [2.75, 3.05) is 13.1 Å². The van der Waals surface area contributed by atoms with Gasteiger partial charge in [-0.25, -0.2) is 4.79 Å². The third kappa shape index (κ3) is 1.98. The molecule has 1 saturated heterocycles. The molecule has 21 heavy (non-hydrogen) atoms. The molecule has 2 heterocycles. The molecule has 1 aliphatic rings. The van der Waals surface area contributed by atoms with Crippen LogP contribution in [0.4, 0.5) is 13.2 Å². The van der Waals surface area contributed by atoms with Crippen molar-refractivity contribution in [1.29, 1.82) is 0 Å². The maximum Gasteiger partial charge on any atom is 0.417 e. The van der Waals surface area contributed by atoms with Crippen LogP contribution in [0.15, 0.2) is 27.8 Å². The molecule has 1 N–H and O–H groups in total. The van der Waals surface area contributed by atoms with Gasteiger partial charge in [-0.3, -0.25) is 13.9 Å². The monoisotopic (exact) mass is 299 g/mol. The lowest BCUT2D eigenvalue weighted by atomic mass is 10.1. The van der Waals surface area contributed by atoms with E-state index in [1.54, 1.807) is 0 Å². The molecule has 3 rings (SSSR count). The third-order valence-corrected chi connectivity index (χ3v) is 3.76. The molecule has 1 fully saturated rings. The zero-order valence-electron chi connectivity index (χ0n) is 11.1. The van der Waals surface area contributed by atoms with Gasteiger partial charge < -0.3 is 5.32 Å². The van der Waals surface area contributed by atoms with E-state index >= 15 is 0 Å². The summed E-state index contributed by atoms with van der Waals surface area (Å²) in [5, 5.41) is 2.44. The summed E-state index contributed by atoms with van der Waals surface area (Å²) >= 11 is 0. The first-order valence-electron chi connectivity index (χ1n) is 6.34. The second kappa shape index (κ2) is 4.45. The number of aromatic nitrogens is 2. The van der Waals surface area contributed by atoms with Gasteiger partial charge in [-0.15, -0.1) is 0 Å². The van der Waals surface area contributed by atoms with E-state index in [9.17, 15) is 22.8 Å². The summed E-state index contributed by atoms with van der Waals surface area (Å²) in [6, 6.07) is 3.00. The van der Waals surface area contributed by atoms with Crippen LogP contribution in [0, 0.1) is 0 Å². The van der Waals surface area contributed by atoms with Crippen LogP contribution in [0.1, 0.15) is 11.6 Å². The van der Waals surface area contributed by atoms with Gasteiger partial charge in [-0.1, -0.05) is 6.07 Å². The number of alkyl halides is 3. The van der Waals surface area contributed by atoms with Gasteiger partial charge >= 0.3 is 11.9 Å². The SMILES string of the molecule is Cn1c(=O)n(C2CNC2)c(=O)c2c(C(F)(F)F)cccc21. The Hall–Kier alpha value is -2.09. The second-order valence-corrected chi connectivity index (χ2v) is 5.03. The maximum atomic E-state index is 13.1. The van der Waals surface area contributed by atoms with Crippen LogP contribution in [-0.2, 0) is 13.2 Å². The Morgan fingerprint density at radius 1 is 1.24 bits per heavy atom. The predicted octanol–water partition coefficient (Wildman–Crippen LogP) is 0.863. The topological polar surface area (TPSA) is 56.0 Å². The number of hydrogen-bond donors (Lipinski definition) is 1. The number of fused-ring (bicyclic) bond motifs is 1. The molecule has 0 amide bonds. The molecule has 0 aliphatic carbocycles. The lowest BCUT2D eigenvalue weighted by Crippen LogP contribution is -2.53. The van der Waals surface area contributed by atoms with E-state index in [4.69, 9.17) is 0 Å². The van der Waals surface area contributed by atoms with E-state index in [-0.39, 0.29) is 5.52 Å². The normalized spacial score (nSPS) is 16.2. The summed E-state index contributed by atoms with van der Waals surface area (Å²) < 4.78 is 41.3. The van der Waals surface area contributed by atoms with Gasteiger partial charge in [0.25, 0.3) is 5.56 Å². The van der Waals surface area contributed by atoms with Crippen molar-refractivity contribution < 1.29 is 13.2 Å². The summed E-state index contributed by atoms with van der Waals surface area (Å²) in [6.45, 7) is 0.795. The van der Waals surface area contributed by atoms with Crippen LogP contribution in [0.25, 0.3) is 10.9 Å². The summed E-state index contributed by atoms with van der Waals surface area (Å²) in [5.74, 6) is 0. The maximum absolute atomic E-state index is 13.1. The van der Waals surface area contributed by atoms with Crippen LogP contribution in [0.2, 0.25) is 0 Å². The quantitative estimate of drug-likeness (QED) is 0.850. The van der Waals surface area contributed by atoms with E-state index in [2.05, 4.69) is 5.32 Å². The minimum Gasteiger partial charge on any atom is -0.312 e. The summed E-state index contributed by atoms with van der Waals surface area (Å²) in [5.41, 5.74) is -2.50. The first-order valence-corrected chi connectivity index (χ1v) is 6.34. The van der Waals surface area contributed by atoms with Crippen LogP contribution in [0.5, 0.6) is 0 Å². The average molecular weight is 299 g/mol. The van der Waals surface area contributed by atoms with Crippen LogP contribution in [0.3, 0.4) is 0 Å². The van der Waals surface area contributed by atoms with Crippen LogP contribution >= 0.6 is 0 Å². The Morgan fingerprint density at radius 3 is 2.43 bits per heavy atom. The van der Waals surface area contributed by atoms with E-state index in [0.29, 0.717) is 13.1 Å². The fourth-order valence-electron chi connectivity index (χ4n) is 2.53. The summed E-state index contributed by atoms with van der Waals surface area (Å²) in [6.07, 6.45) is -4.65. The van der Waals surface area contributed by atoms with Crippen molar-refractivity contribution in [3.05, 3.63) is 44.6 Å². The van der Waals surface area contributed by atoms with Crippen molar-refractivity contribution in [3.8, 4) is 0 Å². The zero-order chi connectivity index (χ0) is 15.4. The Bertz CT molecular complexity index is 831. The Balaban J connectivity index is 2.48. The van der Waals surface area contributed by atoms with E-state index < -0.39 is 34.4 Å². The van der Waals surface area contributed by atoms with Gasteiger partial charge in [0, 0.05) is 20.1 Å². The molecule has 0 saturated carbocycles. The van der Waals surface area contributed by atoms with E-state index in [1.807, 2.05) is 0 Å². The fraction of sp³-hybridized carbons (Fsp3) is 0.385. The molecule has 1 aromatic heterocycles. The summed E-state index contributed by atoms with van der Waals surface area (Å²) in [7, 11) is 1.37. The molecule has 8 heteroatoms. The molecule has 1 aromatic carbocycles. The number of nitrogens with zero attached hydrogens (tertiary/aromatic N) is 2. The molecular formula is C13H12F3N3O2. The van der Waals surface area contributed by atoms with Crippen LogP contribution in [-0.4, -0.2) is 22.2 Å². The molecule has 112 valence electrons. The molecule has 0 unspecified atom stereocenters. The minimum atomic E-state index is -4.65. The lowest BCUT2D eigenvalue weighted by molar-refractivity contribution is -0.136. The highest BCUT2D eigenvalue weighted by Crippen LogP contribution is 2.32. The zero-order valence-corrected chi connectivity index (χ0v) is 11.1. The molecule has 0 spiro atoms. The van der Waals surface area contributed by atoms with Crippen molar-refractivity contribution in [1.82, 2.24) is 14.5 Å². The number of nitrogens with one attached hydrogen (secondary N) is 1. The molecule has 2 aromatic rings. The second-order valence-electron chi connectivity index (χ2n) is 5.03. The lowest BCUT2D eigenvalue weighted by Gasteiger charge is -2.29. The highest BCUT2D eigenvalue weighted by Gasteiger charge is 2.35. The van der Waals surface area contributed by atoms with Crippen molar-refractivity contribution in [2.24, 2.45) is 7.05 Å². The van der Waals surface area contributed by atoms with Gasteiger partial charge in [0.2, 0.25) is 0 Å². The first-order chi connectivity index (χ1) is 9.82. The molecule has 0 radical (unpaired) electrons. The largest absolute Gasteiger partial charge is 0.417 e. The van der Waals surface area contributed by atoms with Gasteiger partial charge in [0.05, 0.1) is 22.5 Å². The highest BCUT2D eigenvalue weighted by molar-refractivity contribution is 5.82. The van der Waals surface area contributed by atoms with E-state index in [0.717, 1.165) is 15.2 Å². The average Bonchev–Trinajstić information content (AvgIpc) is 2.37. The summed E-state index contributed by atoms with van der Waals surface area (Å²) in [4.78, 5) is 24.6. The van der Waals surface area contributed by atoms with Crippen LogP contribution < -0.4 is 16.6 Å². The molecular weight excluding hydrogens is 287 g/mol. The smallest absolute Gasteiger partial charge is 0.312 e. The molecule has 0 bridgehead atoms. The predicted molar refractivity (Wildman–Crippen MR) is 70.4 cm³/mol.